The monoisotopic (exact) mass is 193 g/mol. The molecule has 0 N–H and O–H groups in total. The normalized spacial score (nSPS) is 12.7. The summed E-state index contributed by atoms with van der Waals surface area (Å²) in [5.74, 6) is -0.0313. The Morgan fingerprint density at radius 3 is 2.67 bits per heavy atom. The molecule has 0 fully saturated rings. The number of halogens is 1. The predicted molar refractivity (Wildman–Crippen MR) is 49.4 cm³/mol. The maximum atomic E-state index is 11.3. The zero-order valence-corrected chi connectivity index (χ0v) is 8.60. The highest BCUT2D eigenvalue weighted by atomic mass is 35.5. The first kappa shape index (κ1) is 11.7. The summed E-state index contributed by atoms with van der Waals surface area (Å²) in [5.41, 5.74) is 0. The molecule has 0 spiro atoms. The van der Waals surface area contributed by atoms with E-state index in [1.807, 2.05) is 6.92 Å². The SMILES string of the molecule is CCC(Cl)C(=O)N(C)CCOC. The number of hydrogen-bond acceptors (Lipinski definition) is 2. The van der Waals surface area contributed by atoms with Gasteiger partial charge in [-0.15, -0.1) is 11.6 Å². The van der Waals surface area contributed by atoms with Crippen LogP contribution in [0.4, 0.5) is 0 Å². The van der Waals surface area contributed by atoms with E-state index in [1.54, 1.807) is 19.1 Å². The Morgan fingerprint density at radius 2 is 2.25 bits per heavy atom. The summed E-state index contributed by atoms with van der Waals surface area (Å²) in [4.78, 5) is 12.9. The Hall–Kier alpha value is -0.280. The highest BCUT2D eigenvalue weighted by Crippen LogP contribution is 2.04. The summed E-state index contributed by atoms with van der Waals surface area (Å²) in [7, 11) is 3.34. The van der Waals surface area contributed by atoms with Crippen molar-refractivity contribution in [2.75, 3.05) is 27.3 Å². The summed E-state index contributed by atoms with van der Waals surface area (Å²) in [6.07, 6.45) is 0.664. The molecule has 0 heterocycles. The number of nitrogens with zero attached hydrogens (tertiary/aromatic N) is 1. The van der Waals surface area contributed by atoms with Crippen molar-refractivity contribution in [2.24, 2.45) is 0 Å². The van der Waals surface area contributed by atoms with E-state index < -0.39 is 5.38 Å². The summed E-state index contributed by atoms with van der Waals surface area (Å²) in [6.45, 7) is 3.04. The molecule has 72 valence electrons. The highest BCUT2D eigenvalue weighted by molar-refractivity contribution is 6.30. The minimum Gasteiger partial charge on any atom is -0.383 e. The van der Waals surface area contributed by atoms with Gasteiger partial charge in [-0.2, -0.15) is 0 Å². The van der Waals surface area contributed by atoms with Crippen molar-refractivity contribution in [3.05, 3.63) is 0 Å². The first-order valence-electron chi connectivity index (χ1n) is 4.01. The number of rotatable bonds is 5. The van der Waals surface area contributed by atoms with Crippen LogP contribution in [-0.2, 0) is 9.53 Å². The number of hydrogen-bond donors (Lipinski definition) is 0. The smallest absolute Gasteiger partial charge is 0.240 e. The molecule has 0 aromatic heterocycles. The van der Waals surface area contributed by atoms with Crippen molar-refractivity contribution in [3.8, 4) is 0 Å². The first-order valence-corrected chi connectivity index (χ1v) is 4.45. The van der Waals surface area contributed by atoms with Crippen LogP contribution in [0.25, 0.3) is 0 Å². The molecule has 0 saturated carbocycles. The van der Waals surface area contributed by atoms with Gasteiger partial charge in [-0.25, -0.2) is 0 Å². The van der Waals surface area contributed by atoms with Crippen LogP contribution in [0, 0.1) is 0 Å². The summed E-state index contributed by atoms with van der Waals surface area (Å²) < 4.78 is 4.84. The zero-order valence-electron chi connectivity index (χ0n) is 7.84. The minimum atomic E-state index is -0.396. The van der Waals surface area contributed by atoms with Crippen molar-refractivity contribution >= 4 is 17.5 Å². The van der Waals surface area contributed by atoms with Gasteiger partial charge in [0.15, 0.2) is 0 Å². The van der Waals surface area contributed by atoms with Gasteiger partial charge in [-0.1, -0.05) is 6.92 Å². The second kappa shape index (κ2) is 6.26. The van der Waals surface area contributed by atoms with Crippen LogP contribution in [0.3, 0.4) is 0 Å². The van der Waals surface area contributed by atoms with Crippen molar-refractivity contribution in [2.45, 2.75) is 18.7 Å². The van der Waals surface area contributed by atoms with E-state index in [9.17, 15) is 4.79 Å². The van der Waals surface area contributed by atoms with Crippen LogP contribution in [0.1, 0.15) is 13.3 Å². The van der Waals surface area contributed by atoms with Crippen molar-refractivity contribution in [3.63, 3.8) is 0 Å². The maximum Gasteiger partial charge on any atom is 0.240 e. The molecule has 0 bridgehead atoms. The number of methoxy groups -OCH3 is 1. The highest BCUT2D eigenvalue weighted by Gasteiger charge is 2.16. The van der Waals surface area contributed by atoms with Crippen LogP contribution in [0.5, 0.6) is 0 Å². The molecule has 4 heteroatoms. The van der Waals surface area contributed by atoms with E-state index in [0.717, 1.165) is 0 Å². The molecule has 0 aliphatic heterocycles. The molecule has 0 aliphatic rings. The fourth-order valence-electron chi connectivity index (χ4n) is 0.752. The quantitative estimate of drug-likeness (QED) is 0.613. The van der Waals surface area contributed by atoms with E-state index in [4.69, 9.17) is 16.3 Å². The van der Waals surface area contributed by atoms with Crippen LogP contribution >= 0.6 is 11.6 Å². The van der Waals surface area contributed by atoms with Gasteiger partial charge in [0.2, 0.25) is 5.91 Å². The van der Waals surface area contributed by atoms with Crippen LogP contribution in [0.15, 0.2) is 0 Å². The molecule has 1 amide bonds. The lowest BCUT2D eigenvalue weighted by molar-refractivity contribution is -0.130. The number of likely N-dealkylation sites (N-methyl/N-ethyl adjacent to an activating group) is 1. The van der Waals surface area contributed by atoms with E-state index in [2.05, 4.69) is 0 Å². The third-order valence-electron chi connectivity index (χ3n) is 1.63. The number of alkyl halides is 1. The maximum absolute atomic E-state index is 11.3. The number of amides is 1. The second-order valence-corrected chi connectivity index (χ2v) is 3.16. The predicted octanol–water partition coefficient (Wildman–Crippen LogP) is 1.11. The van der Waals surface area contributed by atoms with Crippen LogP contribution in [0.2, 0.25) is 0 Å². The Morgan fingerprint density at radius 1 is 1.67 bits per heavy atom. The van der Waals surface area contributed by atoms with Crippen molar-refractivity contribution in [1.29, 1.82) is 0 Å². The Labute approximate surface area is 78.6 Å². The lowest BCUT2D eigenvalue weighted by atomic mass is 10.3. The number of carbonyl (C=O) groups excluding carboxylic acids is 1. The molecular formula is C8H16ClNO2. The summed E-state index contributed by atoms with van der Waals surface area (Å²) in [6, 6.07) is 0. The Kier molecular flexibility index (Phi) is 6.11. The topological polar surface area (TPSA) is 29.5 Å². The fourth-order valence-corrected chi connectivity index (χ4v) is 0.919. The van der Waals surface area contributed by atoms with E-state index in [0.29, 0.717) is 19.6 Å². The molecule has 0 aliphatic carbocycles. The molecule has 0 aromatic rings. The summed E-state index contributed by atoms with van der Waals surface area (Å²) >= 11 is 5.76. The van der Waals surface area contributed by atoms with Crippen molar-refractivity contribution < 1.29 is 9.53 Å². The molecule has 0 aromatic carbocycles. The number of ether oxygens (including phenoxy) is 1. The van der Waals surface area contributed by atoms with Crippen LogP contribution in [-0.4, -0.2) is 43.5 Å². The van der Waals surface area contributed by atoms with Crippen molar-refractivity contribution in [1.82, 2.24) is 4.90 Å². The van der Waals surface area contributed by atoms with Gasteiger partial charge in [0.25, 0.3) is 0 Å². The number of carbonyl (C=O) groups is 1. The lowest BCUT2D eigenvalue weighted by Gasteiger charge is -2.18. The summed E-state index contributed by atoms with van der Waals surface area (Å²) in [5, 5.41) is -0.396. The van der Waals surface area contributed by atoms with Gasteiger partial charge in [0.1, 0.15) is 5.38 Å². The van der Waals surface area contributed by atoms with E-state index in [-0.39, 0.29) is 5.91 Å². The third kappa shape index (κ3) is 3.93. The van der Waals surface area contributed by atoms with Gasteiger partial charge in [-0.3, -0.25) is 4.79 Å². The van der Waals surface area contributed by atoms with Gasteiger partial charge in [0, 0.05) is 20.7 Å². The average Bonchev–Trinajstić information content (AvgIpc) is 2.11. The average molecular weight is 194 g/mol. The standard InChI is InChI=1S/C8H16ClNO2/c1-4-7(9)8(11)10(2)5-6-12-3/h7H,4-6H2,1-3H3. The second-order valence-electron chi connectivity index (χ2n) is 2.63. The Balaban J connectivity index is 3.75. The molecule has 0 radical (unpaired) electrons. The largest absolute Gasteiger partial charge is 0.383 e. The van der Waals surface area contributed by atoms with Gasteiger partial charge in [0.05, 0.1) is 6.61 Å². The molecule has 0 rings (SSSR count). The molecule has 3 nitrogen and oxygen atoms in total. The van der Waals surface area contributed by atoms with Crippen LogP contribution < -0.4 is 0 Å². The Bertz CT molecular complexity index is 141. The minimum absolute atomic E-state index is 0.0313. The fraction of sp³-hybridized carbons (Fsp3) is 0.875. The lowest BCUT2D eigenvalue weighted by Crippen LogP contribution is -2.35. The first-order chi connectivity index (χ1) is 5.63. The molecule has 12 heavy (non-hydrogen) atoms. The van der Waals surface area contributed by atoms with Gasteiger partial charge in [-0.05, 0) is 6.42 Å². The molecule has 0 saturated heterocycles. The third-order valence-corrected chi connectivity index (χ3v) is 2.13. The van der Waals surface area contributed by atoms with Gasteiger partial charge >= 0.3 is 0 Å². The zero-order chi connectivity index (χ0) is 9.56. The van der Waals surface area contributed by atoms with E-state index in [1.165, 1.54) is 0 Å². The van der Waals surface area contributed by atoms with E-state index >= 15 is 0 Å². The molecule has 1 unspecified atom stereocenters. The molecular weight excluding hydrogens is 178 g/mol. The molecule has 1 atom stereocenters. The van der Waals surface area contributed by atoms with Gasteiger partial charge < -0.3 is 9.64 Å².